The van der Waals surface area contributed by atoms with Crippen molar-refractivity contribution in [3.63, 3.8) is 0 Å². The van der Waals surface area contributed by atoms with E-state index in [0.29, 0.717) is 22.0 Å². The number of halogens is 3. The normalized spacial score (nSPS) is 14.4. The second-order valence-electron chi connectivity index (χ2n) is 9.99. The maximum absolute atomic E-state index is 14.1. The summed E-state index contributed by atoms with van der Waals surface area (Å²) in [7, 11) is -4.23. The van der Waals surface area contributed by atoms with Crippen molar-refractivity contribution < 1.29 is 22.4 Å². The van der Waals surface area contributed by atoms with Crippen LogP contribution in [0.3, 0.4) is 0 Å². The van der Waals surface area contributed by atoms with Gasteiger partial charge in [0.15, 0.2) is 0 Å². The highest BCUT2D eigenvalue weighted by Crippen LogP contribution is 2.27. The number of rotatable bonds is 11. The number of nitrogens with zero attached hydrogens (tertiary/aromatic N) is 2. The lowest BCUT2D eigenvalue weighted by Crippen LogP contribution is -2.53. The molecule has 218 valence electrons. The molecule has 0 spiro atoms. The highest BCUT2D eigenvalue weighted by Gasteiger charge is 2.34. The first kappa shape index (κ1) is 30.8. The molecule has 0 aliphatic heterocycles. The first-order valence-corrected chi connectivity index (χ1v) is 15.7. The fraction of sp³-hybridized carbons (Fsp3) is 0.333. The number of sulfonamides is 1. The summed E-state index contributed by atoms with van der Waals surface area (Å²) in [5, 5.41) is 3.70. The van der Waals surface area contributed by atoms with Gasteiger partial charge in [-0.2, -0.15) is 0 Å². The van der Waals surface area contributed by atoms with Gasteiger partial charge in [0.2, 0.25) is 11.8 Å². The first-order chi connectivity index (χ1) is 19.6. The quantitative estimate of drug-likeness (QED) is 0.277. The fourth-order valence-electron chi connectivity index (χ4n) is 4.98. The lowest BCUT2D eigenvalue weighted by atomic mass is 10.1. The van der Waals surface area contributed by atoms with E-state index in [9.17, 15) is 22.4 Å². The summed E-state index contributed by atoms with van der Waals surface area (Å²) in [5.41, 5.74) is 0.737. The van der Waals surface area contributed by atoms with Gasteiger partial charge in [-0.25, -0.2) is 12.8 Å². The highest BCUT2D eigenvalue weighted by atomic mass is 35.5. The second-order valence-corrected chi connectivity index (χ2v) is 12.7. The fourth-order valence-corrected chi connectivity index (χ4v) is 6.73. The van der Waals surface area contributed by atoms with E-state index < -0.39 is 34.3 Å². The Bertz CT molecular complexity index is 1470. The smallest absolute Gasteiger partial charge is 0.264 e. The third-order valence-electron chi connectivity index (χ3n) is 7.15. The Morgan fingerprint density at radius 3 is 2.24 bits per heavy atom. The predicted octanol–water partition coefficient (Wildman–Crippen LogP) is 6.19. The zero-order valence-corrected chi connectivity index (χ0v) is 24.9. The molecule has 0 heterocycles. The number of carbonyl (C=O) groups excluding carboxylic acids is 2. The molecule has 1 saturated carbocycles. The van der Waals surface area contributed by atoms with E-state index in [4.69, 9.17) is 23.2 Å². The maximum Gasteiger partial charge on any atom is 0.264 e. The van der Waals surface area contributed by atoms with Crippen LogP contribution in [0.15, 0.2) is 77.7 Å². The van der Waals surface area contributed by atoms with E-state index in [1.54, 1.807) is 43.3 Å². The third kappa shape index (κ3) is 7.58. The Kier molecular flexibility index (Phi) is 10.3. The molecule has 1 aliphatic carbocycles. The molecular formula is C30H32Cl2FN3O4S. The molecule has 1 aliphatic rings. The molecule has 0 saturated heterocycles. The monoisotopic (exact) mass is 619 g/mol. The van der Waals surface area contributed by atoms with Gasteiger partial charge in [-0.15, -0.1) is 0 Å². The van der Waals surface area contributed by atoms with Crippen LogP contribution in [-0.4, -0.2) is 43.8 Å². The topological polar surface area (TPSA) is 86.8 Å². The number of amides is 2. The zero-order chi connectivity index (χ0) is 29.6. The van der Waals surface area contributed by atoms with Crippen LogP contribution >= 0.6 is 23.2 Å². The number of hydrogen-bond donors (Lipinski definition) is 1. The number of hydrogen-bond acceptors (Lipinski definition) is 4. The Hall–Kier alpha value is -3.14. The minimum absolute atomic E-state index is 0.00500. The van der Waals surface area contributed by atoms with Crippen molar-refractivity contribution in [2.24, 2.45) is 0 Å². The Labute approximate surface area is 250 Å². The van der Waals surface area contributed by atoms with E-state index >= 15 is 0 Å². The zero-order valence-electron chi connectivity index (χ0n) is 22.6. The van der Waals surface area contributed by atoms with Gasteiger partial charge in [-0.05, 0) is 73.4 Å². The summed E-state index contributed by atoms with van der Waals surface area (Å²) in [4.78, 5) is 28.9. The van der Waals surface area contributed by atoms with Crippen LogP contribution in [0, 0.1) is 5.82 Å². The van der Waals surface area contributed by atoms with Crippen LogP contribution < -0.4 is 9.62 Å². The van der Waals surface area contributed by atoms with E-state index in [1.165, 1.54) is 29.2 Å². The predicted molar refractivity (Wildman–Crippen MR) is 159 cm³/mol. The first-order valence-electron chi connectivity index (χ1n) is 13.5. The standard InChI is InChI=1S/C30H32Cl2FN3O4S/c1-2-28(30(38)34-23-8-6-7-9-23)35(19-21-12-17-26(31)27(32)18-21)29(37)20-36(24-15-13-22(33)14-16-24)41(39,40)25-10-4-3-5-11-25/h3-5,10-18,23,28H,2,6-9,19-20H2,1H3,(H,34,38)/t28-/m1/s1. The van der Waals surface area contributed by atoms with E-state index in [0.717, 1.165) is 42.1 Å². The summed E-state index contributed by atoms with van der Waals surface area (Å²) >= 11 is 12.3. The molecule has 2 amide bonds. The minimum atomic E-state index is -4.23. The molecule has 1 atom stereocenters. The summed E-state index contributed by atoms with van der Waals surface area (Å²) in [6.45, 7) is 1.18. The number of nitrogens with one attached hydrogen (secondary N) is 1. The van der Waals surface area contributed by atoms with Gasteiger partial charge in [0, 0.05) is 12.6 Å². The van der Waals surface area contributed by atoms with Crippen molar-refractivity contribution in [3.8, 4) is 0 Å². The molecule has 0 radical (unpaired) electrons. The lowest BCUT2D eigenvalue weighted by Gasteiger charge is -2.33. The van der Waals surface area contributed by atoms with Crippen molar-refractivity contribution >= 4 is 50.7 Å². The molecular weight excluding hydrogens is 588 g/mol. The summed E-state index contributed by atoms with van der Waals surface area (Å²) in [5.74, 6) is -1.45. The minimum Gasteiger partial charge on any atom is -0.352 e. The Morgan fingerprint density at radius 1 is 0.976 bits per heavy atom. The van der Waals surface area contributed by atoms with Gasteiger partial charge >= 0.3 is 0 Å². The van der Waals surface area contributed by atoms with Gasteiger partial charge < -0.3 is 10.2 Å². The van der Waals surface area contributed by atoms with E-state index in [-0.39, 0.29) is 29.1 Å². The molecule has 3 aromatic carbocycles. The van der Waals surface area contributed by atoms with Crippen molar-refractivity contribution in [3.05, 3.63) is 94.2 Å². The van der Waals surface area contributed by atoms with Crippen LogP contribution in [0.5, 0.6) is 0 Å². The molecule has 0 aromatic heterocycles. The summed E-state index contributed by atoms with van der Waals surface area (Å²) in [6.07, 6.45) is 4.09. The van der Waals surface area contributed by atoms with Crippen LogP contribution in [-0.2, 0) is 26.2 Å². The molecule has 1 N–H and O–H groups in total. The van der Waals surface area contributed by atoms with Crippen molar-refractivity contribution in [2.45, 2.75) is 62.6 Å². The van der Waals surface area contributed by atoms with E-state index in [2.05, 4.69) is 5.32 Å². The van der Waals surface area contributed by atoms with Gasteiger partial charge in [0.1, 0.15) is 18.4 Å². The van der Waals surface area contributed by atoms with Gasteiger partial charge in [-0.3, -0.25) is 13.9 Å². The molecule has 1 fully saturated rings. The van der Waals surface area contributed by atoms with Gasteiger partial charge in [0.25, 0.3) is 10.0 Å². The largest absolute Gasteiger partial charge is 0.352 e. The lowest BCUT2D eigenvalue weighted by molar-refractivity contribution is -0.140. The Morgan fingerprint density at radius 2 is 1.63 bits per heavy atom. The number of benzene rings is 3. The third-order valence-corrected chi connectivity index (χ3v) is 9.68. The molecule has 11 heteroatoms. The van der Waals surface area contributed by atoms with Crippen molar-refractivity contribution in [2.75, 3.05) is 10.8 Å². The molecule has 3 aromatic rings. The molecule has 0 bridgehead atoms. The van der Waals surface area contributed by atoms with Crippen LogP contribution in [0.4, 0.5) is 10.1 Å². The van der Waals surface area contributed by atoms with Gasteiger partial charge in [-0.1, -0.05) is 67.2 Å². The van der Waals surface area contributed by atoms with Crippen molar-refractivity contribution in [1.29, 1.82) is 0 Å². The molecule has 4 rings (SSSR count). The average Bonchev–Trinajstić information content (AvgIpc) is 3.47. The maximum atomic E-state index is 14.1. The highest BCUT2D eigenvalue weighted by molar-refractivity contribution is 7.92. The van der Waals surface area contributed by atoms with Gasteiger partial charge in [0.05, 0.1) is 20.6 Å². The van der Waals surface area contributed by atoms with Crippen LogP contribution in [0.1, 0.15) is 44.6 Å². The van der Waals surface area contributed by atoms with E-state index in [1.807, 2.05) is 0 Å². The SMILES string of the molecule is CC[C@H](C(=O)NC1CCCC1)N(Cc1ccc(Cl)c(Cl)c1)C(=O)CN(c1ccc(F)cc1)S(=O)(=O)c1ccccc1. The van der Waals surface area contributed by atoms with Crippen LogP contribution in [0.2, 0.25) is 10.0 Å². The Balaban J connectivity index is 1.71. The van der Waals surface area contributed by atoms with Crippen molar-refractivity contribution in [1.82, 2.24) is 10.2 Å². The number of carbonyl (C=O) groups is 2. The van der Waals surface area contributed by atoms with Crippen LogP contribution in [0.25, 0.3) is 0 Å². The molecule has 0 unspecified atom stereocenters. The molecule has 7 nitrogen and oxygen atoms in total. The summed E-state index contributed by atoms with van der Waals surface area (Å²) in [6, 6.07) is 16.6. The second kappa shape index (κ2) is 13.7. The number of anilines is 1. The summed E-state index contributed by atoms with van der Waals surface area (Å²) < 4.78 is 42.2. The average molecular weight is 621 g/mol. The molecule has 41 heavy (non-hydrogen) atoms.